The Morgan fingerprint density at radius 3 is 1.59 bits per heavy atom. The van der Waals surface area contributed by atoms with Gasteiger partial charge in [0, 0.05) is 18.0 Å². The van der Waals surface area contributed by atoms with E-state index in [1.165, 1.54) is 29.8 Å². The van der Waals surface area contributed by atoms with Crippen LogP contribution in [0, 0.1) is 0 Å². The molecule has 6 nitrogen and oxygen atoms in total. The molecule has 0 aromatic heterocycles. The molecular formula is C28H25ClFKO6. The number of carbonyl (C=O) groups is 2. The van der Waals surface area contributed by atoms with Gasteiger partial charge in [0.15, 0.2) is 12.6 Å². The van der Waals surface area contributed by atoms with Crippen molar-refractivity contribution in [1.82, 2.24) is 0 Å². The van der Waals surface area contributed by atoms with Crippen LogP contribution in [0.1, 0.15) is 31.8 Å². The van der Waals surface area contributed by atoms with E-state index in [-0.39, 0.29) is 84.5 Å². The number of benzene rings is 4. The minimum atomic E-state index is -0.199. The summed E-state index contributed by atoms with van der Waals surface area (Å²) >= 11 is 5.53. The number of phenols is 3. The van der Waals surface area contributed by atoms with E-state index >= 15 is 0 Å². The van der Waals surface area contributed by atoms with Gasteiger partial charge in [-0.2, -0.15) is 0 Å². The van der Waals surface area contributed by atoms with Crippen molar-refractivity contribution >= 4 is 24.2 Å². The maximum Gasteiger partial charge on any atom is 1.00 e. The standard InChI is InChI=1S/C14H12O3.C7H7Cl.C7H6O3.FH.K/c15-9-12-6-7-13(8-14(12)16)17-10-11-4-2-1-3-5-11;8-6-7-4-2-1-3-5-7;8-4-5-1-2-6(9)3-7(5)10;;/h1-9,16H,10H2;1-5H,6H2;1-4,9-10H;1H;/q;;;;+1/p-1. The van der Waals surface area contributed by atoms with E-state index in [0.29, 0.717) is 30.8 Å². The van der Waals surface area contributed by atoms with Crippen LogP contribution in [0.3, 0.4) is 0 Å². The summed E-state index contributed by atoms with van der Waals surface area (Å²) in [6.07, 6.45) is 1.13. The molecule has 0 amide bonds. The molecule has 0 atom stereocenters. The largest absolute Gasteiger partial charge is 1.00 e. The third kappa shape index (κ3) is 12.9. The number of carbonyl (C=O) groups excluding carboxylic acids is 2. The zero-order valence-corrected chi connectivity index (χ0v) is 24.0. The van der Waals surface area contributed by atoms with E-state index in [2.05, 4.69) is 0 Å². The number of rotatable bonds is 6. The predicted octanol–water partition coefficient (Wildman–Crippen LogP) is 0.127. The molecule has 9 heteroatoms. The van der Waals surface area contributed by atoms with Crippen molar-refractivity contribution in [2.45, 2.75) is 12.5 Å². The van der Waals surface area contributed by atoms with Crippen LogP contribution in [0.5, 0.6) is 23.0 Å². The van der Waals surface area contributed by atoms with Crippen LogP contribution in [-0.2, 0) is 12.5 Å². The van der Waals surface area contributed by atoms with Gasteiger partial charge in [-0.25, -0.2) is 0 Å². The van der Waals surface area contributed by atoms with Gasteiger partial charge in [0.1, 0.15) is 29.6 Å². The maximum absolute atomic E-state index is 10.5. The molecule has 0 saturated heterocycles. The van der Waals surface area contributed by atoms with Crippen molar-refractivity contribution in [1.29, 1.82) is 0 Å². The number of hydrogen-bond acceptors (Lipinski definition) is 6. The van der Waals surface area contributed by atoms with Gasteiger partial charge in [0.2, 0.25) is 0 Å². The molecule has 0 heterocycles. The number of aldehydes is 2. The van der Waals surface area contributed by atoms with Gasteiger partial charge in [-0.05, 0) is 35.4 Å². The summed E-state index contributed by atoms with van der Waals surface area (Å²) < 4.78 is 5.50. The van der Waals surface area contributed by atoms with E-state index in [0.717, 1.165) is 11.6 Å². The average Bonchev–Trinajstić information content (AvgIpc) is 2.89. The first-order chi connectivity index (χ1) is 17.0. The van der Waals surface area contributed by atoms with Crippen molar-refractivity contribution in [2.24, 2.45) is 0 Å². The Bertz CT molecular complexity index is 1210. The van der Waals surface area contributed by atoms with Crippen LogP contribution in [0.25, 0.3) is 0 Å². The number of hydrogen-bond donors (Lipinski definition) is 3. The molecule has 0 aliphatic heterocycles. The minimum absolute atomic E-state index is 0. The van der Waals surface area contributed by atoms with Gasteiger partial charge in [-0.3, -0.25) is 9.59 Å². The topological polar surface area (TPSA) is 104 Å². The van der Waals surface area contributed by atoms with E-state index in [9.17, 15) is 14.7 Å². The molecule has 37 heavy (non-hydrogen) atoms. The number of phenolic OH excluding ortho intramolecular Hbond substituents is 3. The Morgan fingerprint density at radius 2 is 1.16 bits per heavy atom. The molecule has 0 unspecified atom stereocenters. The van der Waals surface area contributed by atoms with Gasteiger partial charge in [-0.15, -0.1) is 11.6 Å². The Hall–Kier alpha value is -2.72. The molecule has 0 aliphatic carbocycles. The molecular weight excluding hydrogens is 526 g/mol. The second-order valence-electron chi connectivity index (χ2n) is 7.09. The molecule has 0 fully saturated rings. The van der Waals surface area contributed by atoms with E-state index in [1.807, 2.05) is 60.7 Å². The van der Waals surface area contributed by atoms with Gasteiger partial charge < -0.3 is 24.8 Å². The third-order valence-corrected chi connectivity index (χ3v) is 4.82. The van der Waals surface area contributed by atoms with Crippen molar-refractivity contribution in [3.63, 3.8) is 0 Å². The third-order valence-electron chi connectivity index (χ3n) is 4.52. The van der Waals surface area contributed by atoms with E-state index < -0.39 is 0 Å². The Kier molecular flexibility index (Phi) is 18.0. The Morgan fingerprint density at radius 1 is 0.676 bits per heavy atom. The van der Waals surface area contributed by atoms with E-state index in [4.69, 9.17) is 26.6 Å². The summed E-state index contributed by atoms with van der Waals surface area (Å²) in [7, 11) is 0. The van der Waals surface area contributed by atoms with Crippen LogP contribution >= 0.6 is 11.6 Å². The van der Waals surface area contributed by atoms with Crippen LogP contribution < -0.4 is 60.8 Å². The van der Waals surface area contributed by atoms with Crippen LogP contribution in [0.2, 0.25) is 0 Å². The van der Waals surface area contributed by atoms with Crippen molar-refractivity contribution in [3.05, 3.63) is 119 Å². The number of ether oxygens (including phenoxy) is 1. The quantitative estimate of drug-likeness (QED) is 0.179. The molecule has 4 aromatic rings. The zero-order chi connectivity index (χ0) is 25.5. The van der Waals surface area contributed by atoms with Gasteiger partial charge in [-0.1, -0.05) is 60.7 Å². The minimum Gasteiger partial charge on any atom is -1.00 e. The van der Waals surface area contributed by atoms with Crippen molar-refractivity contribution in [2.75, 3.05) is 0 Å². The summed E-state index contributed by atoms with van der Waals surface area (Å²) in [6, 6.07) is 28.1. The summed E-state index contributed by atoms with van der Waals surface area (Å²) in [5.41, 5.74) is 2.66. The van der Waals surface area contributed by atoms with Crippen LogP contribution in [0.15, 0.2) is 97.1 Å². The second-order valence-corrected chi connectivity index (χ2v) is 7.36. The number of halogens is 2. The molecule has 0 aliphatic rings. The Balaban J connectivity index is 0.000000557. The first-order valence-corrected chi connectivity index (χ1v) is 11.0. The van der Waals surface area contributed by atoms with Gasteiger partial charge >= 0.3 is 51.4 Å². The second kappa shape index (κ2) is 19.4. The van der Waals surface area contributed by atoms with Crippen LogP contribution in [-0.4, -0.2) is 27.9 Å². The molecule has 0 spiro atoms. The predicted molar refractivity (Wildman–Crippen MR) is 135 cm³/mol. The van der Waals surface area contributed by atoms with Crippen molar-refractivity contribution < 1.29 is 85.7 Å². The molecule has 4 rings (SSSR count). The normalized spacial score (nSPS) is 9.00. The smallest absolute Gasteiger partial charge is 1.00 e. The molecule has 0 saturated carbocycles. The fraction of sp³-hybridized carbons (Fsp3) is 0.0714. The molecule has 4 aromatic carbocycles. The van der Waals surface area contributed by atoms with Gasteiger partial charge in [0.05, 0.1) is 11.1 Å². The van der Waals surface area contributed by atoms with Crippen molar-refractivity contribution in [3.8, 4) is 23.0 Å². The SMILES string of the molecule is ClCc1ccccc1.O=Cc1ccc(O)cc1O.O=Cc1ccc(OCc2ccccc2)cc1O.[F-].[K+]. The summed E-state index contributed by atoms with van der Waals surface area (Å²) in [5, 5.41) is 27.1. The fourth-order valence-electron chi connectivity index (χ4n) is 2.65. The average molecular weight is 551 g/mol. The molecule has 188 valence electrons. The molecule has 0 bridgehead atoms. The zero-order valence-electron chi connectivity index (χ0n) is 20.1. The summed E-state index contributed by atoms with van der Waals surface area (Å²) in [4.78, 5) is 20.6. The molecule has 3 N–H and O–H groups in total. The van der Waals surface area contributed by atoms with Crippen LogP contribution in [0.4, 0.5) is 0 Å². The number of aromatic hydroxyl groups is 3. The van der Waals surface area contributed by atoms with E-state index in [1.54, 1.807) is 6.07 Å². The van der Waals surface area contributed by atoms with Gasteiger partial charge in [0.25, 0.3) is 0 Å². The fourth-order valence-corrected chi connectivity index (χ4v) is 2.83. The Labute approximate surface area is 262 Å². The first kappa shape index (κ1) is 34.3. The molecule has 0 radical (unpaired) electrons. The summed E-state index contributed by atoms with van der Waals surface area (Å²) in [6.45, 7) is 0.431. The monoisotopic (exact) mass is 550 g/mol. The summed E-state index contributed by atoms with van der Waals surface area (Å²) in [5.74, 6) is 0.835. The number of alkyl halides is 1. The maximum atomic E-state index is 10.5. The first-order valence-electron chi connectivity index (χ1n) is 10.5.